The van der Waals surface area contributed by atoms with Crippen LogP contribution in [0.25, 0.3) is 10.8 Å². The summed E-state index contributed by atoms with van der Waals surface area (Å²) in [5, 5.41) is 11.1. The van der Waals surface area contributed by atoms with Crippen molar-refractivity contribution in [2.45, 2.75) is 18.6 Å². The highest BCUT2D eigenvalue weighted by Gasteiger charge is 2.36. The number of hydrogen-bond donors (Lipinski definition) is 1. The van der Waals surface area contributed by atoms with Crippen molar-refractivity contribution in [1.82, 2.24) is 9.88 Å². The van der Waals surface area contributed by atoms with Gasteiger partial charge in [-0.25, -0.2) is 4.98 Å². The number of carboxylic acids is 1. The van der Waals surface area contributed by atoms with Crippen molar-refractivity contribution in [2.24, 2.45) is 0 Å². The summed E-state index contributed by atoms with van der Waals surface area (Å²) in [6, 6.07) is 7.36. The van der Waals surface area contributed by atoms with E-state index in [9.17, 15) is 4.79 Å². The summed E-state index contributed by atoms with van der Waals surface area (Å²) < 4.78 is 6.92. The maximum absolute atomic E-state index is 11.1. The van der Waals surface area contributed by atoms with Gasteiger partial charge in [-0.05, 0) is 30.6 Å². The van der Waals surface area contributed by atoms with E-state index >= 15 is 0 Å². The Hall–Kier alpha value is -1.37. The number of likely N-dealkylation sites (N-methyl/N-ethyl adjacent to an activating group) is 1. The average Bonchev–Trinajstić information content (AvgIpc) is 2.80. The van der Waals surface area contributed by atoms with Gasteiger partial charge < -0.3 is 9.84 Å². The number of fused-ring (bicyclic) bond motifs is 1. The fraction of sp³-hybridized carbons (Fsp3) is 0.333. The van der Waals surface area contributed by atoms with Gasteiger partial charge in [-0.2, -0.15) is 0 Å². The van der Waals surface area contributed by atoms with Crippen LogP contribution in [-0.4, -0.2) is 46.7 Å². The van der Waals surface area contributed by atoms with Gasteiger partial charge in [-0.15, -0.1) is 12.4 Å². The molecule has 0 amide bonds. The standard InChI is InChI=1S/C15H15BrN2O3.ClH/c1-18-8-11(7-13(18)15(19)20)21-14-12-6-10(16)3-2-9(12)4-5-17-14;/h2-6,11,13H,7-8H2,1H3,(H,19,20);1H. The van der Waals surface area contributed by atoms with Crippen LogP contribution < -0.4 is 4.74 Å². The van der Waals surface area contributed by atoms with Crippen LogP contribution in [0.5, 0.6) is 5.88 Å². The summed E-state index contributed by atoms with van der Waals surface area (Å²) in [5.41, 5.74) is 0. The molecule has 5 nitrogen and oxygen atoms in total. The minimum absolute atomic E-state index is 0. The molecule has 22 heavy (non-hydrogen) atoms. The van der Waals surface area contributed by atoms with Gasteiger partial charge in [0.1, 0.15) is 12.1 Å². The SMILES string of the molecule is CN1CC(Oc2nccc3ccc(Br)cc23)CC1C(=O)O.Cl. The van der Waals surface area contributed by atoms with E-state index in [0.717, 1.165) is 15.2 Å². The molecule has 2 heterocycles. The molecule has 1 aliphatic heterocycles. The van der Waals surface area contributed by atoms with Crippen LogP contribution in [0.15, 0.2) is 34.9 Å². The molecule has 118 valence electrons. The normalized spacial score (nSPS) is 21.5. The molecule has 3 rings (SSSR count). The molecule has 7 heteroatoms. The summed E-state index contributed by atoms with van der Waals surface area (Å²) >= 11 is 3.45. The molecule has 1 aromatic carbocycles. The minimum atomic E-state index is -0.808. The fourth-order valence-electron chi connectivity index (χ4n) is 2.69. The van der Waals surface area contributed by atoms with E-state index in [0.29, 0.717) is 18.8 Å². The number of pyridine rings is 1. The first-order valence-corrected chi connectivity index (χ1v) is 7.48. The van der Waals surface area contributed by atoms with E-state index < -0.39 is 12.0 Å². The van der Waals surface area contributed by atoms with E-state index in [1.807, 2.05) is 24.3 Å². The van der Waals surface area contributed by atoms with Crippen LogP contribution in [0.4, 0.5) is 0 Å². The Morgan fingerprint density at radius 1 is 1.45 bits per heavy atom. The number of aliphatic carboxylic acids is 1. The summed E-state index contributed by atoms with van der Waals surface area (Å²) in [6.07, 6.45) is 2.02. The second kappa shape index (κ2) is 6.81. The molecule has 0 saturated carbocycles. The molecule has 1 saturated heterocycles. The third-order valence-electron chi connectivity index (χ3n) is 3.76. The van der Waals surface area contributed by atoms with E-state index in [2.05, 4.69) is 20.9 Å². The third kappa shape index (κ3) is 3.34. The van der Waals surface area contributed by atoms with Crippen molar-refractivity contribution in [3.8, 4) is 5.88 Å². The van der Waals surface area contributed by atoms with E-state index in [1.165, 1.54) is 0 Å². The zero-order chi connectivity index (χ0) is 15.0. The first kappa shape index (κ1) is 17.0. The monoisotopic (exact) mass is 386 g/mol. The van der Waals surface area contributed by atoms with Gasteiger partial charge in [0.15, 0.2) is 0 Å². The van der Waals surface area contributed by atoms with Crippen molar-refractivity contribution in [2.75, 3.05) is 13.6 Å². The van der Waals surface area contributed by atoms with Crippen LogP contribution in [0.3, 0.4) is 0 Å². The molecule has 2 unspecified atom stereocenters. The summed E-state index contributed by atoms with van der Waals surface area (Å²) in [4.78, 5) is 17.2. The molecule has 0 bridgehead atoms. The highest BCUT2D eigenvalue weighted by Crippen LogP contribution is 2.29. The van der Waals surface area contributed by atoms with Gasteiger partial charge >= 0.3 is 5.97 Å². The molecule has 1 fully saturated rings. The second-order valence-electron chi connectivity index (χ2n) is 5.25. The van der Waals surface area contributed by atoms with E-state index in [1.54, 1.807) is 18.1 Å². The highest BCUT2D eigenvalue weighted by molar-refractivity contribution is 9.10. The van der Waals surface area contributed by atoms with Gasteiger partial charge in [0.05, 0.1) is 0 Å². The quantitative estimate of drug-likeness (QED) is 0.877. The summed E-state index contributed by atoms with van der Waals surface area (Å²) in [5.74, 6) is -0.254. The predicted molar refractivity (Wildman–Crippen MR) is 89.8 cm³/mol. The zero-order valence-corrected chi connectivity index (χ0v) is 14.3. The molecule has 1 N–H and O–H groups in total. The molecule has 2 aromatic rings. The first-order chi connectivity index (χ1) is 10.0. The molecule has 1 aliphatic rings. The van der Waals surface area contributed by atoms with Gasteiger partial charge in [0, 0.05) is 29.0 Å². The van der Waals surface area contributed by atoms with Crippen molar-refractivity contribution >= 4 is 45.1 Å². The molecule has 0 spiro atoms. The van der Waals surface area contributed by atoms with Crippen molar-refractivity contribution in [3.05, 3.63) is 34.9 Å². The molecule has 0 aliphatic carbocycles. The number of halogens is 2. The fourth-order valence-corrected chi connectivity index (χ4v) is 3.05. The highest BCUT2D eigenvalue weighted by atomic mass is 79.9. The van der Waals surface area contributed by atoms with Gasteiger partial charge in [0.2, 0.25) is 5.88 Å². The Bertz CT molecular complexity index is 698. The lowest BCUT2D eigenvalue weighted by atomic mass is 10.1. The zero-order valence-electron chi connectivity index (χ0n) is 11.9. The maximum Gasteiger partial charge on any atom is 0.321 e. The lowest BCUT2D eigenvalue weighted by molar-refractivity contribution is -0.141. The average molecular weight is 388 g/mol. The smallest absolute Gasteiger partial charge is 0.321 e. The van der Waals surface area contributed by atoms with Gasteiger partial charge in [-0.1, -0.05) is 22.0 Å². The third-order valence-corrected chi connectivity index (χ3v) is 4.26. The second-order valence-corrected chi connectivity index (χ2v) is 6.17. The summed E-state index contributed by atoms with van der Waals surface area (Å²) in [7, 11) is 1.80. The van der Waals surface area contributed by atoms with Crippen molar-refractivity contribution in [1.29, 1.82) is 0 Å². The predicted octanol–water partition coefficient (Wildman–Crippen LogP) is 2.96. The minimum Gasteiger partial charge on any atom is -0.480 e. The Balaban J connectivity index is 0.00000176. The topological polar surface area (TPSA) is 62.7 Å². The van der Waals surface area contributed by atoms with Gasteiger partial charge in [-0.3, -0.25) is 9.69 Å². The van der Waals surface area contributed by atoms with Crippen LogP contribution in [0.1, 0.15) is 6.42 Å². The number of hydrogen-bond acceptors (Lipinski definition) is 4. The molecule has 2 atom stereocenters. The number of benzene rings is 1. The number of carbonyl (C=O) groups is 1. The van der Waals surface area contributed by atoms with Crippen molar-refractivity contribution in [3.63, 3.8) is 0 Å². The van der Waals surface area contributed by atoms with Crippen LogP contribution in [0, 0.1) is 0 Å². The van der Waals surface area contributed by atoms with Crippen LogP contribution in [0.2, 0.25) is 0 Å². The Morgan fingerprint density at radius 2 is 2.23 bits per heavy atom. The molecular formula is C15H16BrClN2O3. The van der Waals surface area contributed by atoms with Crippen LogP contribution >= 0.6 is 28.3 Å². The number of aromatic nitrogens is 1. The lowest BCUT2D eigenvalue weighted by Crippen LogP contribution is -2.32. The first-order valence-electron chi connectivity index (χ1n) is 6.68. The molecular weight excluding hydrogens is 372 g/mol. The van der Waals surface area contributed by atoms with Crippen LogP contribution in [-0.2, 0) is 4.79 Å². The maximum atomic E-state index is 11.1. The Kier molecular flexibility index (Phi) is 5.26. The van der Waals surface area contributed by atoms with E-state index in [4.69, 9.17) is 9.84 Å². The number of carboxylic acid groups (broad SMARTS) is 1. The molecule has 0 radical (unpaired) electrons. The van der Waals surface area contributed by atoms with Crippen molar-refractivity contribution < 1.29 is 14.6 Å². The lowest BCUT2D eigenvalue weighted by Gasteiger charge is -2.14. The molecule has 1 aromatic heterocycles. The Morgan fingerprint density at radius 3 is 2.91 bits per heavy atom. The largest absolute Gasteiger partial charge is 0.480 e. The number of rotatable bonds is 3. The number of nitrogens with zero attached hydrogens (tertiary/aromatic N) is 2. The van der Waals surface area contributed by atoms with E-state index in [-0.39, 0.29) is 18.5 Å². The Labute approximate surface area is 142 Å². The number of likely N-dealkylation sites (tertiary alicyclic amines) is 1. The number of ether oxygens (including phenoxy) is 1. The van der Waals surface area contributed by atoms with Gasteiger partial charge in [0.25, 0.3) is 0 Å². The summed E-state index contributed by atoms with van der Waals surface area (Å²) in [6.45, 7) is 0.586.